The highest BCUT2D eigenvalue weighted by molar-refractivity contribution is 6.59. The molecule has 1 aliphatic carbocycles. The first kappa shape index (κ1) is 22.4. The van der Waals surface area contributed by atoms with Crippen LogP contribution in [0.2, 0.25) is 0 Å². The molecule has 0 aliphatic heterocycles. The molecule has 34 heavy (non-hydrogen) atoms. The molecule has 5 heteroatoms. The van der Waals surface area contributed by atoms with E-state index in [1.54, 1.807) is 42.5 Å². The van der Waals surface area contributed by atoms with Crippen molar-refractivity contribution in [3.63, 3.8) is 0 Å². The second-order valence-electron chi connectivity index (χ2n) is 8.13. The van der Waals surface area contributed by atoms with E-state index in [0.717, 1.165) is 24.0 Å². The zero-order valence-electron chi connectivity index (χ0n) is 18.1. The number of benzene rings is 4. The number of aryl methyl sites for hydroxylation is 2. The molecule has 0 radical (unpaired) electrons. The Balaban J connectivity index is 1.61. The first-order valence-corrected chi connectivity index (χ1v) is 11.7. The maximum atomic E-state index is 13.7. The summed E-state index contributed by atoms with van der Waals surface area (Å²) >= 11 is 12.8. The van der Waals surface area contributed by atoms with E-state index >= 15 is 0 Å². The zero-order chi connectivity index (χ0) is 23.7. The Morgan fingerprint density at radius 1 is 0.676 bits per heavy atom. The average molecular weight is 487 g/mol. The molecule has 0 N–H and O–H groups in total. The third-order valence-corrected chi connectivity index (χ3v) is 6.52. The van der Waals surface area contributed by atoms with Crippen molar-refractivity contribution in [3.8, 4) is 16.9 Å². The highest BCUT2D eigenvalue weighted by Crippen LogP contribution is 2.37. The molecule has 0 amide bonds. The minimum atomic E-state index is -2.14. The first-order chi connectivity index (χ1) is 16.5. The van der Waals surface area contributed by atoms with E-state index in [1.165, 1.54) is 0 Å². The van der Waals surface area contributed by atoms with Crippen molar-refractivity contribution in [1.29, 1.82) is 0 Å². The maximum absolute atomic E-state index is 13.7. The van der Waals surface area contributed by atoms with Gasteiger partial charge in [0.1, 0.15) is 5.75 Å². The fourth-order valence-corrected chi connectivity index (χ4v) is 4.80. The number of alkyl halides is 2. The Morgan fingerprint density at radius 3 is 2.06 bits per heavy atom. The lowest BCUT2D eigenvalue weighted by atomic mass is 9.88. The molecule has 0 saturated carbocycles. The van der Waals surface area contributed by atoms with E-state index in [-0.39, 0.29) is 11.3 Å². The van der Waals surface area contributed by atoms with Gasteiger partial charge in [0.15, 0.2) is 5.78 Å². The van der Waals surface area contributed by atoms with Gasteiger partial charge in [-0.05, 0) is 70.4 Å². The fraction of sp³-hybridized carbons (Fsp3) is 0.103. The standard InChI is InChI=1S/C29H20Cl2O3/c30-29(31,34-21-11-2-1-3-12-21)28(33)25-15-7-6-14-23(25)24-16-8-10-20-18-17-19-9-4-5-13-22(19)27(32)26(20)24/h1-16H,17-18H2. The molecule has 0 bridgehead atoms. The molecule has 4 aromatic rings. The smallest absolute Gasteiger partial charge is 0.323 e. The number of para-hydroxylation sites is 1. The summed E-state index contributed by atoms with van der Waals surface area (Å²) in [5.74, 6) is -0.280. The van der Waals surface area contributed by atoms with Crippen LogP contribution in [0.4, 0.5) is 0 Å². The van der Waals surface area contributed by atoms with Gasteiger partial charge >= 0.3 is 4.52 Å². The Bertz CT molecular complexity index is 1390. The molecular formula is C29H20Cl2O3. The summed E-state index contributed by atoms with van der Waals surface area (Å²) in [6.07, 6.45) is 1.50. The molecule has 168 valence electrons. The molecule has 3 nitrogen and oxygen atoms in total. The van der Waals surface area contributed by atoms with Crippen LogP contribution in [-0.4, -0.2) is 16.1 Å². The Labute approximate surface area is 207 Å². The third kappa shape index (κ3) is 4.13. The molecule has 0 saturated heterocycles. The lowest BCUT2D eigenvalue weighted by molar-refractivity contribution is 0.0840. The second kappa shape index (κ2) is 9.09. The number of Topliss-reactive ketones (excluding diaryl/α,β-unsaturated/α-hetero) is 1. The molecule has 4 aromatic carbocycles. The normalized spacial score (nSPS) is 12.9. The first-order valence-electron chi connectivity index (χ1n) is 11.0. The number of ketones is 2. The molecule has 0 fully saturated rings. The van der Waals surface area contributed by atoms with Gasteiger partial charge in [-0.25, -0.2) is 0 Å². The van der Waals surface area contributed by atoms with Crippen molar-refractivity contribution in [3.05, 3.63) is 125 Å². The van der Waals surface area contributed by atoms with Gasteiger partial charge < -0.3 is 4.74 Å². The number of rotatable bonds is 5. The molecule has 0 spiro atoms. The van der Waals surface area contributed by atoms with Crippen LogP contribution in [-0.2, 0) is 12.8 Å². The lowest BCUT2D eigenvalue weighted by Crippen LogP contribution is -2.33. The number of ether oxygens (including phenoxy) is 1. The Morgan fingerprint density at radius 2 is 1.26 bits per heavy atom. The lowest BCUT2D eigenvalue weighted by Gasteiger charge is -2.22. The summed E-state index contributed by atoms with van der Waals surface area (Å²) < 4.78 is 3.48. The summed E-state index contributed by atoms with van der Waals surface area (Å²) in [4.78, 5) is 27.2. The van der Waals surface area contributed by atoms with Crippen LogP contribution < -0.4 is 4.74 Å². The largest absolute Gasteiger partial charge is 0.451 e. The predicted molar refractivity (Wildman–Crippen MR) is 135 cm³/mol. The average Bonchev–Trinajstić information content (AvgIpc) is 3.01. The third-order valence-electron chi connectivity index (χ3n) is 6.02. The van der Waals surface area contributed by atoms with Gasteiger partial charge in [-0.3, -0.25) is 9.59 Å². The maximum Gasteiger partial charge on any atom is 0.323 e. The van der Waals surface area contributed by atoms with E-state index < -0.39 is 10.3 Å². The molecule has 0 unspecified atom stereocenters. The predicted octanol–water partition coefficient (Wildman–Crippen LogP) is 7.08. The van der Waals surface area contributed by atoms with Crippen LogP contribution >= 0.6 is 23.2 Å². The van der Waals surface area contributed by atoms with Crippen LogP contribution in [0, 0.1) is 0 Å². The number of fused-ring (bicyclic) bond motifs is 2. The summed E-state index contributed by atoms with van der Waals surface area (Å²) in [6, 6.07) is 29.1. The number of halogens is 2. The van der Waals surface area contributed by atoms with E-state index in [2.05, 4.69) is 0 Å². The monoisotopic (exact) mass is 486 g/mol. The Hall–Kier alpha value is -3.40. The van der Waals surface area contributed by atoms with Gasteiger partial charge in [-0.2, -0.15) is 0 Å². The summed E-state index contributed by atoms with van der Waals surface area (Å²) in [5, 5.41) is 0. The Kier molecular flexibility index (Phi) is 5.99. The zero-order valence-corrected chi connectivity index (χ0v) is 19.6. The number of carbonyl (C=O) groups is 2. The SMILES string of the molecule is O=C1c2ccccc2CCc2cccc(-c3ccccc3C(=O)C(Cl)(Cl)Oc3ccccc3)c21. The van der Waals surface area contributed by atoms with Gasteiger partial charge in [-0.15, -0.1) is 0 Å². The van der Waals surface area contributed by atoms with Crippen LogP contribution in [0.25, 0.3) is 11.1 Å². The highest BCUT2D eigenvalue weighted by atomic mass is 35.5. The van der Waals surface area contributed by atoms with E-state index in [4.69, 9.17) is 27.9 Å². The molecule has 1 aliphatic rings. The minimum absolute atomic E-state index is 0.0514. The van der Waals surface area contributed by atoms with Crippen molar-refractivity contribution < 1.29 is 14.3 Å². The van der Waals surface area contributed by atoms with Crippen LogP contribution in [0.3, 0.4) is 0 Å². The summed E-state index contributed by atoms with van der Waals surface area (Å²) in [5.41, 5.74) is 4.80. The van der Waals surface area contributed by atoms with Gasteiger partial charge in [0.2, 0.25) is 5.78 Å². The summed E-state index contributed by atoms with van der Waals surface area (Å²) in [7, 11) is 0. The van der Waals surface area contributed by atoms with Crippen LogP contribution in [0.15, 0.2) is 97.1 Å². The second-order valence-corrected chi connectivity index (χ2v) is 9.39. The van der Waals surface area contributed by atoms with Gasteiger partial charge in [0.25, 0.3) is 0 Å². The topological polar surface area (TPSA) is 43.4 Å². The quantitative estimate of drug-likeness (QED) is 0.223. The van der Waals surface area contributed by atoms with Crippen molar-refractivity contribution in [2.45, 2.75) is 17.4 Å². The van der Waals surface area contributed by atoms with E-state index in [1.807, 2.05) is 54.6 Å². The van der Waals surface area contributed by atoms with Gasteiger partial charge in [-0.1, -0.05) is 84.9 Å². The molecule has 0 heterocycles. The molecule has 0 atom stereocenters. The van der Waals surface area contributed by atoms with Crippen LogP contribution in [0.5, 0.6) is 5.75 Å². The van der Waals surface area contributed by atoms with Crippen molar-refractivity contribution >= 4 is 34.8 Å². The molecule has 5 rings (SSSR count). The number of hydrogen-bond donors (Lipinski definition) is 0. The number of carbonyl (C=O) groups excluding carboxylic acids is 2. The molecular weight excluding hydrogens is 467 g/mol. The highest BCUT2D eigenvalue weighted by Gasteiger charge is 2.39. The van der Waals surface area contributed by atoms with E-state index in [9.17, 15) is 9.59 Å². The van der Waals surface area contributed by atoms with Crippen molar-refractivity contribution in [2.24, 2.45) is 0 Å². The van der Waals surface area contributed by atoms with E-state index in [0.29, 0.717) is 28.0 Å². The molecule has 0 aromatic heterocycles. The van der Waals surface area contributed by atoms with Crippen molar-refractivity contribution in [2.75, 3.05) is 0 Å². The summed E-state index contributed by atoms with van der Waals surface area (Å²) in [6.45, 7) is 0. The van der Waals surface area contributed by atoms with Gasteiger partial charge in [0.05, 0.1) is 0 Å². The van der Waals surface area contributed by atoms with Crippen LogP contribution in [0.1, 0.15) is 37.4 Å². The van der Waals surface area contributed by atoms with Gasteiger partial charge in [0, 0.05) is 16.7 Å². The number of hydrogen-bond acceptors (Lipinski definition) is 3. The minimum Gasteiger partial charge on any atom is -0.451 e. The van der Waals surface area contributed by atoms with Crippen molar-refractivity contribution in [1.82, 2.24) is 0 Å². The fourth-order valence-electron chi connectivity index (χ4n) is 4.42.